The number of hydrogen-bond donors (Lipinski definition) is 1. The van der Waals surface area contributed by atoms with Crippen LogP contribution in [0, 0.1) is 11.3 Å². The van der Waals surface area contributed by atoms with Gasteiger partial charge in [0.05, 0.1) is 6.04 Å². The second-order valence-corrected chi connectivity index (χ2v) is 7.17. The standard InChI is InChI=1S/C18H26N2O2/c1-18(2,3)16(19)17(22)20-11-9-14(10-12-20)15(21)13-7-5-4-6-8-13/h4-8,14,16H,9-12,19H2,1-3H3/t16-/m1/s1. The number of benzene rings is 1. The van der Waals surface area contributed by atoms with E-state index < -0.39 is 6.04 Å². The molecule has 1 aromatic rings. The van der Waals surface area contributed by atoms with Gasteiger partial charge in [-0.1, -0.05) is 51.1 Å². The molecule has 1 atom stereocenters. The molecule has 22 heavy (non-hydrogen) atoms. The smallest absolute Gasteiger partial charge is 0.240 e. The Morgan fingerprint density at radius 3 is 2.18 bits per heavy atom. The predicted molar refractivity (Wildman–Crippen MR) is 87.5 cm³/mol. The second-order valence-electron chi connectivity index (χ2n) is 7.17. The number of Topliss-reactive ketones (excluding diaryl/α,β-unsaturated/α-hetero) is 1. The van der Waals surface area contributed by atoms with Crippen molar-refractivity contribution in [3.8, 4) is 0 Å². The molecule has 1 aromatic carbocycles. The Balaban J connectivity index is 1.93. The van der Waals surface area contributed by atoms with Gasteiger partial charge in [-0.2, -0.15) is 0 Å². The van der Waals surface area contributed by atoms with E-state index in [1.807, 2.05) is 56.0 Å². The Labute approximate surface area is 132 Å². The third kappa shape index (κ3) is 3.74. The predicted octanol–water partition coefficient (Wildman–Crippen LogP) is 2.48. The van der Waals surface area contributed by atoms with E-state index in [0.717, 1.165) is 18.4 Å². The minimum absolute atomic E-state index is 0.00175. The Kier molecular flexibility index (Phi) is 5.01. The molecule has 4 nitrogen and oxygen atoms in total. The molecule has 0 aromatic heterocycles. The van der Waals surface area contributed by atoms with E-state index in [0.29, 0.717) is 13.1 Å². The van der Waals surface area contributed by atoms with Crippen molar-refractivity contribution >= 4 is 11.7 Å². The number of likely N-dealkylation sites (tertiary alicyclic amines) is 1. The highest BCUT2D eigenvalue weighted by Crippen LogP contribution is 2.25. The normalized spacial score (nSPS) is 18.1. The zero-order valence-corrected chi connectivity index (χ0v) is 13.7. The minimum Gasteiger partial charge on any atom is -0.341 e. The summed E-state index contributed by atoms with van der Waals surface area (Å²) >= 11 is 0. The number of nitrogens with zero attached hydrogens (tertiary/aromatic N) is 1. The number of carbonyl (C=O) groups excluding carboxylic acids is 2. The first-order valence-corrected chi connectivity index (χ1v) is 7.94. The lowest BCUT2D eigenvalue weighted by Gasteiger charge is -2.36. The van der Waals surface area contributed by atoms with Gasteiger partial charge in [-0.15, -0.1) is 0 Å². The van der Waals surface area contributed by atoms with E-state index in [1.165, 1.54) is 0 Å². The molecule has 0 radical (unpaired) electrons. The molecule has 0 spiro atoms. The summed E-state index contributed by atoms with van der Waals surface area (Å²) in [5, 5.41) is 0. The van der Waals surface area contributed by atoms with E-state index in [4.69, 9.17) is 5.73 Å². The lowest BCUT2D eigenvalue weighted by Crippen LogP contribution is -2.52. The van der Waals surface area contributed by atoms with Gasteiger partial charge in [0.2, 0.25) is 5.91 Å². The lowest BCUT2D eigenvalue weighted by molar-refractivity contribution is -0.136. The number of ketones is 1. The SMILES string of the molecule is CC(C)(C)[C@H](N)C(=O)N1CCC(C(=O)c2ccccc2)CC1. The molecule has 1 heterocycles. The molecule has 1 aliphatic heterocycles. The minimum atomic E-state index is -0.492. The zero-order valence-electron chi connectivity index (χ0n) is 13.7. The fraction of sp³-hybridized carbons (Fsp3) is 0.556. The molecule has 120 valence electrons. The van der Waals surface area contributed by atoms with Crippen LogP contribution in [-0.2, 0) is 4.79 Å². The second kappa shape index (κ2) is 6.61. The molecule has 4 heteroatoms. The van der Waals surface area contributed by atoms with Crippen LogP contribution in [0.2, 0.25) is 0 Å². The first kappa shape index (κ1) is 16.7. The van der Waals surface area contributed by atoms with Crippen molar-refractivity contribution in [3.05, 3.63) is 35.9 Å². The number of rotatable bonds is 3. The van der Waals surface area contributed by atoms with Crippen LogP contribution in [0.25, 0.3) is 0 Å². The maximum absolute atomic E-state index is 12.4. The van der Waals surface area contributed by atoms with Gasteiger partial charge in [0.25, 0.3) is 0 Å². The molecule has 1 fully saturated rings. The van der Waals surface area contributed by atoms with Crippen molar-refractivity contribution in [1.82, 2.24) is 4.90 Å². The third-order valence-electron chi connectivity index (χ3n) is 4.43. The van der Waals surface area contributed by atoms with E-state index in [-0.39, 0.29) is 23.0 Å². The van der Waals surface area contributed by atoms with Crippen molar-refractivity contribution in [3.63, 3.8) is 0 Å². The Morgan fingerprint density at radius 1 is 1.14 bits per heavy atom. The molecular formula is C18H26N2O2. The fourth-order valence-electron chi connectivity index (χ4n) is 2.77. The molecule has 0 aliphatic carbocycles. The molecule has 2 N–H and O–H groups in total. The number of nitrogens with two attached hydrogens (primary N) is 1. The van der Waals surface area contributed by atoms with Crippen LogP contribution in [0.3, 0.4) is 0 Å². The van der Waals surface area contributed by atoms with Gasteiger partial charge >= 0.3 is 0 Å². The Morgan fingerprint density at radius 2 is 1.68 bits per heavy atom. The zero-order chi connectivity index (χ0) is 16.3. The molecule has 0 bridgehead atoms. The maximum Gasteiger partial charge on any atom is 0.240 e. The summed E-state index contributed by atoms with van der Waals surface area (Å²) in [4.78, 5) is 26.7. The van der Waals surface area contributed by atoms with Crippen molar-refractivity contribution in [1.29, 1.82) is 0 Å². The van der Waals surface area contributed by atoms with Crippen molar-refractivity contribution in [2.45, 2.75) is 39.7 Å². The van der Waals surface area contributed by atoms with Gasteiger partial charge in [0, 0.05) is 24.6 Å². The molecule has 1 saturated heterocycles. The van der Waals surface area contributed by atoms with Gasteiger partial charge in [-0.25, -0.2) is 0 Å². The highest BCUT2D eigenvalue weighted by atomic mass is 16.2. The molecule has 1 amide bonds. The average Bonchev–Trinajstić information content (AvgIpc) is 2.53. The van der Waals surface area contributed by atoms with Crippen LogP contribution in [0.15, 0.2) is 30.3 Å². The van der Waals surface area contributed by atoms with Crippen LogP contribution < -0.4 is 5.73 Å². The van der Waals surface area contributed by atoms with Crippen LogP contribution in [0.1, 0.15) is 44.0 Å². The summed E-state index contributed by atoms with van der Waals surface area (Å²) < 4.78 is 0. The number of amides is 1. The topological polar surface area (TPSA) is 63.4 Å². The Hall–Kier alpha value is -1.68. The molecule has 1 aliphatic rings. The average molecular weight is 302 g/mol. The van der Waals surface area contributed by atoms with Gasteiger partial charge in [0.15, 0.2) is 5.78 Å². The van der Waals surface area contributed by atoms with E-state index in [2.05, 4.69) is 0 Å². The van der Waals surface area contributed by atoms with Crippen LogP contribution >= 0.6 is 0 Å². The number of carbonyl (C=O) groups is 2. The molecule has 0 unspecified atom stereocenters. The van der Waals surface area contributed by atoms with Crippen LogP contribution in [0.4, 0.5) is 0 Å². The van der Waals surface area contributed by atoms with Gasteiger partial charge in [0.1, 0.15) is 0 Å². The molecule has 0 saturated carbocycles. The van der Waals surface area contributed by atoms with E-state index in [9.17, 15) is 9.59 Å². The Bertz CT molecular complexity index is 526. The third-order valence-corrected chi connectivity index (χ3v) is 4.43. The largest absolute Gasteiger partial charge is 0.341 e. The number of hydrogen-bond acceptors (Lipinski definition) is 3. The van der Waals surface area contributed by atoms with Crippen LogP contribution in [0.5, 0.6) is 0 Å². The van der Waals surface area contributed by atoms with Crippen molar-refractivity contribution in [2.24, 2.45) is 17.1 Å². The summed E-state index contributed by atoms with van der Waals surface area (Å²) in [6, 6.07) is 8.90. The summed E-state index contributed by atoms with van der Waals surface area (Å²) in [6.45, 7) is 7.15. The van der Waals surface area contributed by atoms with E-state index >= 15 is 0 Å². The lowest BCUT2D eigenvalue weighted by atomic mass is 9.85. The molecular weight excluding hydrogens is 276 g/mol. The summed E-state index contributed by atoms with van der Waals surface area (Å²) in [7, 11) is 0. The highest BCUT2D eigenvalue weighted by Gasteiger charge is 2.34. The van der Waals surface area contributed by atoms with Gasteiger partial charge in [-0.3, -0.25) is 9.59 Å². The van der Waals surface area contributed by atoms with Gasteiger partial charge in [-0.05, 0) is 18.3 Å². The summed E-state index contributed by atoms with van der Waals surface area (Å²) in [5.74, 6) is 0.197. The van der Waals surface area contributed by atoms with Crippen molar-refractivity contribution in [2.75, 3.05) is 13.1 Å². The van der Waals surface area contributed by atoms with Crippen molar-refractivity contribution < 1.29 is 9.59 Å². The number of piperidine rings is 1. The molecule has 2 rings (SSSR count). The van der Waals surface area contributed by atoms with Crippen LogP contribution in [-0.4, -0.2) is 35.7 Å². The summed E-state index contributed by atoms with van der Waals surface area (Å²) in [5.41, 5.74) is 6.57. The summed E-state index contributed by atoms with van der Waals surface area (Å²) in [6.07, 6.45) is 1.44. The monoisotopic (exact) mass is 302 g/mol. The fourth-order valence-corrected chi connectivity index (χ4v) is 2.77. The highest BCUT2D eigenvalue weighted by molar-refractivity contribution is 5.98. The van der Waals surface area contributed by atoms with E-state index in [1.54, 1.807) is 0 Å². The van der Waals surface area contributed by atoms with Gasteiger partial charge < -0.3 is 10.6 Å². The maximum atomic E-state index is 12.4. The first-order chi connectivity index (χ1) is 10.3. The quantitative estimate of drug-likeness (QED) is 0.873. The first-order valence-electron chi connectivity index (χ1n) is 7.94.